The zero-order valence-electron chi connectivity index (χ0n) is 12.3. The van der Waals surface area contributed by atoms with Crippen LogP contribution >= 0.6 is 34.0 Å². The Morgan fingerprint density at radius 1 is 1.12 bits per heavy atom. The number of ketones is 1. The van der Waals surface area contributed by atoms with Gasteiger partial charge in [0, 0.05) is 5.38 Å². The number of halogens is 3. The molecule has 0 aliphatic carbocycles. The first kappa shape index (κ1) is 17.8. The Balaban J connectivity index is 1.62. The molecule has 3 rings (SSSR count). The van der Waals surface area contributed by atoms with E-state index in [-0.39, 0.29) is 11.4 Å². The molecule has 0 saturated heterocycles. The fraction of sp³-hybridized carbons (Fsp3) is 0.133. The zero-order chi connectivity index (χ0) is 18.0. The van der Waals surface area contributed by atoms with E-state index >= 15 is 0 Å². The summed E-state index contributed by atoms with van der Waals surface area (Å²) in [5.41, 5.74) is 0.657. The van der Waals surface area contributed by atoms with Crippen LogP contribution < -0.4 is 5.32 Å². The van der Waals surface area contributed by atoms with Crippen LogP contribution in [0.3, 0.4) is 0 Å². The number of nitrogens with one attached hydrogen (secondary N) is 1. The number of rotatable bonds is 5. The molecule has 0 saturated carbocycles. The summed E-state index contributed by atoms with van der Waals surface area (Å²) >= 11 is 3.52. The number of aromatic nitrogens is 1. The van der Waals surface area contributed by atoms with Gasteiger partial charge in [0.2, 0.25) is 0 Å². The second kappa shape index (κ2) is 7.06. The standard InChI is InChI=1S/C15H9F3N2O2S3/c16-15(17,18)12(21)9-3-4-10(25-9)13(22)19-6-8-7-24-14(20-8)11-2-1-5-23-11/h1-5,7H,6H2,(H,19,22). The number of thiophene rings is 2. The van der Waals surface area contributed by atoms with E-state index in [2.05, 4.69) is 10.3 Å². The number of thiazole rings is 1. The van der Waals surface area contributed by atoms with Gasteiger partial charge >= 0.3 is 6.18 Å². The highest BCUT2D eigenvalue weighted by Gasteiger charge is 2.40. The van der Waals surface area contributed by atoms with E-state index < -0.39 is 22.7 Å². The molecule has 4 nitrogen and oxygen atoms in total. The number of Topliss-reactive ketones (excluding diaryl/α,β-unsaturated/α-hetero) is 1. The van der Waals surface area contributed by atoms with Gasteiger partial charge in [-0.3, -0.25) is 9.59 Å². The number of nitrogens with zero attached hydrogens (tertiary/aromatic N) is 1. The molecule has 3 aromatic heterocycles. The van der Waals surface area contributed by atoms with E-state index in [0.29, 0.717) is 17.0 Å². The monoisotopic (exact) mass is 402 g/mol. The van der Waals surface area contributed by atoms with Gasteiger partial charge in [-0.2, -0.15) is 13.2 Å². The van der Waals surface area contributed by atoms with E-state index in [1.54, 1.807) is 11.3 Å². The van der Waals surface area contributed by atoms with Crippen molar-refractivity contribution in [2.75, 3.05) is 0 Å². The van der Waals surface area contributed by atoms with Gasteiger partial charge in [-0.15, -0.1) is 34.0 Å². The van der Waals surface area contributed by atoms with Crippen LogP contribution in [0.2, 0.25) is 0 Å². The fourth-order valence-electron chi connectivity index (χ4n) is 1.88. The number of hydrogen-bond acceptors (Lipinski definition) is 6. The lowest BCUT2D eigenvalue weighted by Gasteiger charge is -2.02. The quantitative estimate of drug-likeness (QED) is 0.634. The molecule has 0 fully saturated rings. The lowest BCUT2D eigenvalue weighted by molar-refractivity contribution is -0.0882. The predicted molar refractivity (Wildman–Crippen MR) is 91.3 cm³/mol. The lowest BCUT2D eigenvalue weighted by Crippen LogP contribution is -2.22. The molecule has 130 valence electrons. The molecule has 0 spiro atoms. The van der Waals surface area contributed by atoms with Gasteiger partial charge in [0.1, 0.15) is 5.01 Å². The lowest BCUT2D eigenvalue weighted by atomic mass is 10.3. The Morgan fingerprint density at radius 2 is 1.88 bits per heavy atom. The van der Waals surface area contributed by atoms with Gasteiger partial charge in [0.25, 0.3) is 11.7 Å². The van der Waals surface area contributed by atoms with Crippen LogP contribution in [0.5, 0.6) is 0 Å². The number of alkyl halides is 3. The summed E-state index contributed by atoms with van der Waals surface area (Å²) in [7, 11) is 0. The molecule has 0 bridgehead atoms. The first-order valence-electron chi connectivity index (χ1n) is 6.82. The van der Waals surface area contributed by atoms with Crippen molar-refractivity contribution in [3.8, 4) is 9.88 Å². The number of hydrogen-bond donors (Lipinski definition) is 1. The second-order valence-electron chi connectivity index (χ2n) is 4.79. The van der Waals surface area contributed by atoms with Crippen LogP contribution in [0.15, 0.2) is 35.0 Å². The molecule has 1 N–H and O–H groups in total. The van der Waals surface area contributed by atoms with Gasteiger partial charge < -0.3 is 5.32 Å². The first-order valence-corrected chi connectivity index (χ1v) is 9.40. The number of carbonyl (C=O) groups excluding carboxylic acids is 2. The van der Waals surface area contributed by atoms with Gasteiger partial charge in [0.05, 0.1) is 26.9 Å². The van der Waals surface area contributed by atoms with Crippen molar-refractivity contribution in [2.45, 2.75) is 12.7 Å². The maximum atomic E-state index is 12.4. The summed E-state index contributed by atoms with van der Waals surface area (Å²) in [4.78, 5) is 28.1. The third-order valence-corrected chi connectivity index (χ3v) is 6.04. The highest BCUT2D eigenvalue weighted by Crippen LogP contribution is 2.28. The second-order valence-corrected chi connectivity index (χ2v) is 7.68. The fourth-order valence-corrected chi connectivity index (χ4v) is 4.40. The number of carbonyl (C=O) groups is 2. The maximum absolute atomic E-state index is 12.4. The topological polar surface area (TPSA) is 59.1 Å². The first-order chi connectivity index (χ1) is 11.8. The molecule has 25 heavy (non-hydrogen) atoms. The maximum Gasteiger partial charge on any atom is 0.455 e. The molecular formula is C15H9F3N2O2S3. The third kappa shape index (κ3) is 4.14. The van der Waals surface area contributed by atoms with Crippen LogP contribution in [-0.4, -0.2) is 22.9 Å². The molecule has 0 aromatic carbocycles. The molecule has 0 atom stereocenters. The molecule has 0 aliphatic heterocycles. The Morgan fingerprint density at radius 3 is 2.56 bits per heavy atom. The highest BCUT2D eigenvalue weighted by molar-refractivity contribution is 7.20. The van der Waals surface area contributed by atoms with Crippen molar-refractivity contribution in [1.82, 2.24) is 10.3 Å². The largest absolute Gasteiger partial charge is 0.455 e. The van der Waals surface area contributed by atoms with Crippen LogP contribution in [0.1, 0.15) is 25.0 Å². The molecule has 0 aliphatic rings. The predicted octanol–water partition coefficient (Wildman–Crippen LogP) is 4.61. The van der Waals surface area contributed by atoms with Crippen LogP contribution in [0.4, 0.5) is 13.2 Å². The molecule has 1 amide bonds. The van der Waals surface area contributed by atoms with Gasteiger partial charge in [-0.1, -0.05) is 6.07 Å². The minimum atomic E-state index is -4.95. The molecule has 3 aromatic rings. The minimum Gasteiger partial charge on any atom is -0.346 e. The summed E-state index contributed by atoms with van der Waals surface area (Å²) in [6.07, 6.45) is -4.95. The van der Waals surface area contributed by atoms with Crippen LogP contribution in [0, 0.1) is 0 Å². The summed E-state index contributed by atoms with van der Waals surface area (Å²) in [6, 6.07) is 6.07. The Hall–Kier alpha value is -2.04. The minimum absolute atomic E-state index is 0.0429. The summed E-state index contributed by atoms with van der Waals surface area (Å²) in [6.45, 7) is 0.154. The molecule has 10 heteroatoms. The van der Waals surface area contributed by atoms with E-state index in [9.17, 15) is 22.8 Å². The summed E-state index contributed by atoms with van der Waals surface area (Å²) < 4.78 is 37.2. The SMILES string of the molecule is O=C(NCc1csc(-c2cccs2)n1)c1ccc(C(=O)C(F)(F)F)s1. The Labute approximate surface area is 152 Å². The summed E-state index contributed by atoms with van der Waals surface area (Å²) in [5.74, 6) is -2.49. The van der Waals surface area contributed by atoms with E-state index in [4.69, 9.17) is 0 Å². The van der Waals surface area contributed by atoms with E-state index in [0.717, 1.165) is 16.0 Å². The summed E-state index contributed by atoms with van der Waals surface area (Å²) in [5, 5.41) is 7.18. The average Bonchev–Trinajstić information content (AvgIpc) is 3.31. The van der Waals surface area contributed by atoms with Gasteiger partial charge in [0.15, 0.2) is 0 Å². The normalized spacial score (nSPS) is 11.5. The molecule has 0 unspecified atom stereocenters. The van der Waals surface area contributed by atoms with Crippen molar-refractivity contribution >= 4 is 45.7 Å². The highest BCUT2D eigenvalue weighted by atomic mass is 32.1. The Kier molecular flexibility index (Phi) is 5.02. The van der Waals surface area contributed by atoms with Crippen molar-refractivity contribution in [1.29, 1.82) is 0 Å². The molecular weight excluding hydrogens is 393 g/mol. The third-order valence-electron chi connectivity index (χ3n) is 3.02. The van der Waals surface area contributed by atoms with Crippen molar-refractivity contribution < 1.29 is 22.8 Å². The van der Waals surface area contributed by atoms with Crippen LogP contribution in [-0.2, 0) is 6.54 Å². The average molecular weight is 402 g/mol. The molecule has 3 heterocycles. The van der Waals surface area contributed by atoms with Crippen molar-refractivity contribution in [3.05, 3.63) is 50.5 Å². The molecule has 0 radical (unpaired) electrons. The van der Waals surface area contributed by atoms with Crippen molar-refractivity contribution in [2.24, 2.45) is 0 Å². The Bertz CT molecular complexity index is 897. The van der Waals surface area contributed by atoms with E-state index in [1.807, 2.05) is 22.9 Å². The zero-order valence-corrected chi connectivity index (χ0v) is 14.7. The van der Waals surface area contributed by atoms with Crippen LogP contribution in [0.25, 0.3) is 9.88 Å². The van der Waals surface area contributed by atoms with E-state index in [1.165, 1.54) is 17.4 Å². The smallest absolute Gasteiger partial charge is 0.346 e. The van der Waals surface area contributed by atoms with Gasteiger partial charge in [-0.05, 0) is 23.6 Å². The number of amides is 1. The van der Waals surface area contributed by atoms with Gasteiger partial charge in [-0.25, -0.2) is 4.98 Å². The van der Waals surface area contributed by atoms with Crippen molar-refractivity contribution in [3.63, 3.8) is 0 Å².